The summed E-state index contributed by atoms with van der Waals surface area (Å²) in [6.45, 7) is -0.917. The van der Waals surface area contributed by atoms with Gasteiger partial charge in [0, 0.05) is 36.3 Å². The number of amides is 1. The van der Waals surface area contributed by atoms with Crippen LogP contribution in [-0.4, -0.2) is 59.0 Å². The van der Waals surface area contributed by atoms with Gasteiger partial charge in [0.05, 0.1) is 5.60 Å². The molecule has 2 fully saturated rings. The molecule has 5 rings (SSSR count). The SMILES string of the molecule is O=C(OCC(F)(F)F)N1CCC2(C1)CC1(C2)OB(O)c2cnc3[nH]ccc3c21. The summed E-state index contributed by atoms with van der Waals surface area (Å²) < 4.78 is 47.1. The van der Waals surface area contributed by atoms with Crippen LogP contribution in [0, 0.1) is 5.41 Å². The number of fused-ring (bicyclic) bond motifs is 4. The maximum atomic E-state index is 12.3. The van der Waals surface area contributed by atoms with Crippen LogP contribution in [0.1, 0.15) is 24.8 Å². The second-order valence-corrected chi connectivity index (χ2v) is 7.99. The number of carbonyl (C=O) groups is 1. The van der Waals surface area contributed by atoms with Crippen molar-refractivity contribution >= 4 is 29.7 Å². The zero-order valence-electron chi connectivity index (χ0n) is 14.8. The molecule has 1 amide bonds. The second-order valence-electron chi connectivity index (χ2n) is 7.99. The van der Waals surface area contributed by atoms with Crippen LogP contribution in [-0.2, 0) is 15.0 Å². The predicted molar refractivity (Wildman–Crippen MR) is 91.7 cm³/mol. The van der Waals surface area contributed by atoms with Gasteiger partial charge in [-0.2, -0.15) is 13.2 Å². The van der Waals surface area contributed by atoms with E-state index in [0.29, 0.717) is 43.5 Å². The van der Waals surface area contributed by atoms with Gasteiger partial charge in [0.1, 0.15) is 5.65 Å². The third-order valence-corrected chi connectivity index (χ3v) is 6.05. The van der Waals surface area contributed by atoms with Gasteiger partial charge in [-0.3, -0.25) is 0 Å². The Morgan fingerprint density at radius 3 is 3.00 bits per heavy atom. The van der Waals surface area contributed by atoms with E-state index in [1.54, 1.807) is 12.4 Å². The van der Waals surface area contributed by atoms with Crippen molar-refractivity contribution in [3.8, 4) is 0 Å². The van der Waals surface area contributed by atoms with Gasteiger partial charge >= 0.3 is 19.4 Å². The molecule has 148 valence electrons. The van der Waals surface area contributed by atoms with Crippen molar-refractivity contribution in [2.24, 2.45) is 5.41 Å². The molecule has 1 saturated heterocycles. The van der Waals surface area contributed by atoms with Crippen molar-refractivity contribution in [2.45, 2.75) is 31.0 Å². The zero-order chi connectivity index (χ0) is 19.7. The van der Waals surface area contributed by atoms with Crippen LogP contribution in [0.3, 0.4) is 0 Å². The minimum absolute atomic E-state index is 0.246. The Hall–Kier alpha value is -2.27. The van der Waals surface area contributed by atoms with Gasteiger partial charge in [-0.25, -0.2) is 9.78 Å². The minimum Gasteiger partial charge on any atom is -0.440 e. The number of H-pyrrole nitrogens is 1. The van der Waals surface area contributed by atoms with E-state index < -0.39 is 31.6 Å². The molecule has 0 unspecified atom stereocenters. The summed E-state index contributed by atoms with van der Waals surface area (Å²) in [5.74, 6) is 0. The van der Waals surface area contributed by atoms with Crippen molar-refractivity contribution in [2.75, 3.05) is 19.7 Å². The number of hydrogen-bond acceptors (Lipinski definition) is 5. The molecule has 7 nitrogen and oxygen atoms in total. The van der Waals surface area contributed by atoms with E-state index >= 15 is 0 Å². The largest absolute Gasteiger partial charge is 0.493 e. The summed E-state index contributed by atoms with van der Waals surface area (Å²) in [5.41, 5.74) is 1.35. The minimum atomic E-state index is -4.54. The molecule has 28 heavy (non-hydrogen) atoms. The fourth-order valence-electron chi connectivity index (χ4n) is 5.09. The number of nitrogens with one attached hydrogen (secondary N) is 1. The van der Waals surface area contributed by atoms with E-state index in [2.05, 4.69) is 14.7 Å². The Morgan fingerprint density at radius 1 is 1.46 bits per heavy atom. The lowest BCUT2D eigenvalue weighted by Crippen LogP contribution is -2.52. The molecule has 1 aliphatic carbocycles. The Balaban J connectivity index is 1.33. The van der Waals surface area contributed by atoms with E-state index in [0.717, 1.165) is 10.9 Å². The summed E-state index contributed by atoms with van der Waals surface area (Å²) in [6, 6.07) is 1.89. The van der Waals surface area contributed by atoms with Crippen LogP contribution < -0.4 is 5.46 Å². The van der Waals surface area contributed by atoms with Gasteiger partial charge in [-0.15, -0.1) is 0 Å². The normalized spacial score (nSPS) is 29.0. The Kier molecular flexibility index (Phi) is 3.58. The molecule has 4 heterocycles. The number of carbonyl (C=O) groups excluding carboxylic acids is 1. The first kappa shape index (κ1) is 17.8. The van der Waals surface area contributed by atoms with Crippen molar-refractivity contribution in [1.82, 2.24) is 14.9 Å². The number of aromatic amines is 1. The summed E-state index contributed by atoms with van der Waals surface area (Å²) >= 11 is 0. The first-order valence-corrected chi connectivity index (χ1v) is 9.01. The number of ether oxygens (including phenoxy) is 1. The first-order chi connectivity index (χ1) is 13.2. The van der Waals surface area contributed by atoms with Crippen LogP contribution in [0.15, 0.2) is 18.5 Å². The molecular weight excluding hydrogens is 378 g/mol. The molecule has 2 aromatic rings. The van der Waals surface area contributed by atoms with Crippen molar-refractivity contribution in [3.63, 3.8) is 0 Å². The number of aromatic nitrogens is 2. The summed E-state index contributed by atoms with van der Waals surface area (Å²) in [5, 5.41) is 11.2. The summed E-state index contributed by atoms with van der Waals surface area (Å²) in [4.78, 5) is 20.6. The standard InChI is InChI=1S/C17H17BF3N3O4/c19-17(20,21)9-27-14(25)24-4-2-15(8-24)6-16(7-15)12-10-1-3-22-13(10)23-5-11(12)18(26)28-16/h1,3,5,26H,2,4,6-9H2,(H,22,23). The molecule has 1 saturated carbocycles. The molecule has 2 aliphatic heterocycles. The van der Waals surface area contributed by atoms with Crippen molar-refractivity contribution < 1.29 is 32.4 Å². The van der Waals surface area contributed by atoms with Crippen LogP contribution in [0.25, 0.3) is 11.0 Å². The highest BCUT2D eigenvalue weighted by atomic mass is 19.4. The van der Waals surface area contributed by atoms with E-state index in [4.69, 9.17) is 4.65 Å². The zero-order valence-corrected chi connectivity index (χ0v) is 14.8. The smallest absolute Gasteiger partial charge is 0.440 e. The molecule has 0 radical (unpaired) electrons. The third kappa shape index (κ3) is 2.60. The lowest BCUT2D eigenvalue weighted by molar-refractivity contribution is -0.162. The topological polar surface area (TPSA) is 87.7 Å². The molecule has 3 aliphatic rings. The Bertz CT molecular complexity index is 957. The van der Waals surface area contributed by atoms with Crippen molar-refractivity contribution in [1.29, 1.82) is 0 Å². The number of alkyl halides is 3. The van der Waals surface area contributed by atoms with Gasteiger partial charge in [0.25, 0.3) is 0 Å². The van der Waals surface area contributed by atoms with Crippen LogP contribution in [0.5, 0.6) is 0 Å². The molecule has 2 spiro atoms. The summed E-state index contributed by atoms with van der Waals surface area (Å²) in [6.07, 6.45) is -0.283. The van der Waals surface area contributed by atoms with Crippen LogP contribution >= 0.6 is 0 Å². The molecule has 0 bridgehead atoms. The Morgan fingerprint density at radius 2 is 2.25 bits per heavy atom. The number of hydrogen-bond donors (Lipinski definition) is 2. The molecule has 2 N–H and O–H groups in total. The lowest BCUT2D eigenvalue weighted by atomic mass is 9.56. The maximum absolute atomic E-state index is 12.3. The number of rotatable bonds is 1. The molecule has 11 heteroatoms. The fraction of sp³-hybridized carbons (Fsp3) is 0.529. The van der Waals surface area contributed by atoms with E-state index in [9.17, 15) is 23.0 Å². The quantitative estimate of drug-likeness (QED) is 0.718. The predicted octanol–water partition coefficient (Wildman–Crippen LogP) is 1.66. The molecular formula is C17H17BF3N3O4. The van der Waals surface area contributed by atoms with Gasteiger partial charge < -0.3 is 24.3 Å². The monoisotopic (exact) mass is 395 g/mol. The van der Waals surface area contributed by atoms with Gasteiger partial charge in [-0.1, -0.05) is 0 Å². The molecule has 2 aromatic heterocycles. The molecule has 0 atom stereocenters. The second kappa shape index (κ2) is 5.63. The average Bonchev–Trinajstić information content (AvgIpc) is 3.29. The maximum Gasteiger partial charge on any atom is 0.493 e. The highest BCUT2D eigenvalue weighted by molar-refractivity contribution is 6.62. The third-order valence-electron chi connectivity index (χ3n) is 6.05. The lowest BCUT2D eigenvalue weighted by Gasteiger charge is -2.53. The number of likely N-dealkylation sites (tertiary alicyclic amines) is 1. The van der Waals surface area contributed by atoms with Crippen LogP contribution in [0.4, 0.5) is 18.0 Å². The number of pyridine rings is 1. The van der Waals surface area contributed by atoms with Gasteiger partial charge in [-0.05, 0) is 36.3 Å². The first-order valence-electron chi connectivity index (χ1n) is 9.01. The fourth-order valence-corrected chi connectivity index (χ4v) is 5.09. The van der Waals surface area contributed by atoms with Crippen LogP contribution in [0.2, 0.25) is 0 Å². The van der Waals surface area contributed by atoms with Crippen molar-refractivity contribution in [3.05, 3.63) is 24.0 Å². The van der Waals surface area contributed by atoms with E-state index in [1.165, 1.54) is 4.90 Å². The Labute approximate surface area is 158 Å². The highest BCUT2D eigenvalue weighted by Gasteiger charge is 2.64. The van der Waals surface area contributed by atoms with E-state index in [1.807, 2.05) is 6.07 Å². The van der Waals surface area contributed by atoms with Gasteiger partial charge in [0.15, 0.2) is 6.61 Å². The molecule has 0 aromatic carbocycles. The summed E-state index contributed by atoms with van der Waals surface area (Å²) in [7, 11) is -1.06. The van der Waals surface area contributed by atoms with E-state index in [-0.39, 0.29) is 5.41 Å². The number of nitrogens with zero attached hydrogens (tertiary/aromatic N) is 2. The highest BCUT2D eigenvalue weighted by Crippen LogP contribution is 2.62. The number of halogens is 3. The van der Waals surface area contributed by atoms with Gasteiger partial charge in [0.2, 0.25) is 0 Å². The average molecular weight is 395 g/mol.